The van der Waals surface area contributed by atoms with Crippen LogP contribution in [0.5, 0.6) is 5.75 Å². The number of anilines is 2. The van der Waals surface area contributed by atoms with Crippen LogP contribution in [-0.2, 0) is 0 Å². The zero-order valence-electron chi connectivity index (χ0n) is 13.9. The summed E-state index contributed by atoms with van der Waals surface area (Å²) in [6, 6.07) is 5.94. The average molecular weight is 343 g/mol. The Morgan fingerprint density at radius 2 is 2.21 bits per heavy atom. The molecule has 1 atom stereocenters. The summed E-state index contributed by atoms with van der Waals surface area (Å²) in [4.78, 5) is 17.2. The molecule has 0 amide bonds. The Morgan fingerprint density at radius 3 is 2.96 bits per heavy atom. The number of aromatic nitrogens is 3. The standard InChI is InChI=1S/C17H21N5OS/c1-21(2)15-6-16(20-12-19-15)22-10-17(11-22)7-14(9-24-17)23-13-4-3-5-18-8-13/h3-6,8,12,14H,7,9-11H2,1-2H3. The lowest BCUT2D eigenvalue weighted by molar-refractivity contribution is 0.201. The lowest BCUT2D eigenvalue weighted by Crippen LogP contribution is -2.59. The summed E-state index contributed by atoms with van der Waals surface area (Å²) in [7, 11) is 3.99. The molecule has 2 aromatic heterocycles. The van der Waals surface area contributed by atoms with E-state index in [2.05, 4.69) is 25.9 Å². The molecule has 0 aliphatic carbocycles. The van der Waals surface area contributed by atoms with Gasteiger partial charge in [0.15, 0.2) is 0 Å². The maximum Gasteiger partial charge on any atom is 0.138 e. The second-order valence-corrected chi connectivity index (χ2v) is 8.10. The maximum absolute atomic E-state index is 6.06. The molecule has 6 nitrogen and oxygen atoms in total. The highest BCUT2D eigenvalue weighted by Gasteiger charge is 2.50. The van der Waals surface area contributed by atoms with E-state index in [1.165, 1.54) is 0 Å². The van der Waals surface area contributed by atoms with Crippen molar-refractivity contribution in [2.75, 3.05) is 42.7 Å². The van der Waals surface area contributed by atoms with Crippen LogP contribution >= 0.6 is 11.8 Å². The Balaban J connectivity index is 1.36. The summed E-state index contributed by atoms with van der Waals surface area (Å²) in [5.41, 5.74) is 0. The molecule has 0 saturated carbocycles. The number of nitrogens with zero attached hydrogens (tertiary/aromatic N) is 5. The van der Waals surface area contributed by atoms with E-state index in [-0.39, 0.29) is 6.10 Å². The van der Waals surface area contributed by atoms with Crippen molar-refractivity contribution in [3.63, 3.8) is 0 Å². The van der Waals surface area contributed by atoms with Gasteiger partial charge < -0.3 is 14.5 Å². The highest BCUT2D eigenvalue weighted by Crippen LogP contribution is 2.47. The first-order chi connectivity index (χ1) is 11.6. The Hall–Kier alpha value is -2.02. The Labute approximate surface area is 146 Å². The van der Waals surface area contributed by atoms with Crippen molar-refractivity contribution in [2.45, 2.75) is 17.3 Å². The van der Waals surface area contributed by atoms with E-state index in [9.17, 15) is 0 Å². The number of pyridine rings is 1. The highest BCUT2D eigenvalue weighted by molar-refractivity contribution is 8.01. The van der Waals surface area contributed by atoms with Gasteiger partial charge in [0.05, 0.1) is 10.9 Å². The first-order valence-corrected chi connectivity index (χ1v) is 9.07. The molecule has 2 saturated heterocycles. The van der Waals surface area contributed by atoms with Gasteiger partial charge in [-0.2, -0.15) is 0 Å². The van der Waals surface area contributed by atoms with Gasteiger partial charge in [0.2, 0.25) is 0 Å². The summed E-state index contributed by atoms with van der Waals surface area (Å²) < 4.78 is 6.37. The Kier molecular flexibility index (Phi) is 3.96. The summed E-state index contributed by atoms with van der Waals surface area (Å²) in [5, 5.41) is 0. The molecular weight excluding hydrogens is 322 g/mol. The van der Waals surface area contributed by atoms with Crippen molar-refractivity contribution in [3.8, 4) is 5.75 Å². The molecule has 7 heteroatoms. The molecule has 0 bridgehead atoms. The maximum atomic E-state index is 6.06. The van der Waals surface area contributed by atoms with Crippen LogP contribution in [0.3, 0.4) is 0 Å². The van der Waals surface area contributed by atoms with E-state index in [0.29, 0.717) is 4.75 Å². The van der Waals surface area contributed by atoms with Crippen LogP contribution in [-0.4, -0.2) is 58.7 Å². The van der Waals surface area contributed by atoms with E-state index in [1.807, 2.05) is 42.9 Å². The van der Waals surface area contributed by atoms with E-state index >= 15 is 0 Å². The number of thioether (sulfide) groups is 1. The molecule has 0 radical (unpaired) electrons. The van der Waals surface area contributed by atoms with Gasteiger partial charge in [-0.3, -0.25) is 4.98 Å². The van der Waals surface area contributed by atoms with Gasteiger partial charge in [-0.05, 0) is 12.1 Å². The van der Waals surface area contributed by atoms with Crippen LogP contribution in [0.4, 0.5) is 11.6 Å². The Bertz CT molecular complexity index is 705. The predicted molar refractivity (Wildman–Crippen MR) is 97.0 cm³/mol. The molecule has 0 aromatic carbocycles. The van der Waals surface area contributed by atoms with Crippen LogP contribution < -0.4 is 14.5 Å². The number of rotatable bonds is 4. The van der Waals surface area contributed by atoms with Gasteiger partial charge in [-0.15, -0.1) is 11.8 Å². The van der Waals surface area contributed by atoms with Crippen molar-refractivity contribution in [1.29, 1.82) is 0 Å². The Morgan fingerprint density at radius 1 is 1.33 bits per heavy atom. The van der Waals surface area contributed by atoms with Gasteiger partial charge in [0.25, 0.3) is 0 Å². The third-order valence-electron chi connectivity index (χ3n) is 4.49. The summed E-state index contributed by atoms with van der Waals surface area (Å²) in [6.45, 7) is 2.04. The van der Waals surface area contributed by atoms with E-state index in [0.717, 1.165) is 42.6 Å². The fourth-order valence-electron chi connectivity index (χ4n) is 3.27. The number of hydrogen-bond donors (Lipinski definition) is 0. The molecular formula is C17H21N5OS. The quantitative estimate of drug-likeness (QED) is 0.842. The van der Waals surface area contributed by atoms with Crippen LogP contribution in [0.2, 0.25) is 0 Å². The minimum Gasteiger partial charge on any atom is -0.488 e. The molecule has 1 unspecified atom stereocenters. The van der Waals surface area contributed by atoms with Crippen molar-refractivity contribution < 1.29 is 4.74 Å². The van der Waals surface area contributed by atoms with E-state index in [1.54, 1.807) is 18.7 Å². The molecule has 2 aromatic rings. The molecule has 2 aliphatic rings. The fraction of sp³-hybridized carbons (Fsp3) is 0.471. The minimum atomic E-state index is 0.268. The monoisotopic (exact) mass is 343 g/mol. The molecule has 126 valence electrons. The zero-order valence-corrected chi connectivity index (χ0v) is 14.7. The second kappa shape index (κ2) is 6.12. The summed E-state index contributed by atoms with van der Waals surface area (Å²) >= 11 is 2.03. The molecule has 4 rings (SSSR count). The molecule has 2 fully saturated rings. The van der Waals surface area contributed by atoms with Gasteiger partial charge in [0.1, 0.15) is 29.8 Å². The van der Waals surface area contributed by atoms with Crippen molar-refractivity contribution in [2.24, 2.45) is 0 Å². The predicted octanol–water partition coefficient (Wildman–Crippen LogP) is 2.08. The topological polar surface area (TPSA) is 54.4 Å². The normalized spacial score (nSPS) is 21.6. The lowest BCUT2D eigenvalue weighted by atomic mass is 9.93. The van der Waals surface area contributed by atoms with Gasteiger partial charge in [-0.1, -0.05) is 0 Å². The third kappa shape index (κ3) is 3.00. The summed E-state index contributed by atoms with van der Waals surface area (Å²) in [6.07, 6.45) is 6.54. The van der Waals surface area contributed by atoms with E-state index in [4.69, 9.17) is 4.74 Å². The van der Waals surface area contributed by atoms with Gasteiger partial charge >= 0.3 is 0 Å². The van der Waals surface area contributed by atoms with Crippen molar-refractivity contribution in [3.05, 3.63) is 36.9 Å². The van der Waals surface area contributed by atoms with Crippen LogP contribution in [0.1, 0.15) is 6.42 Å². The molecule has 24 heavy (non-hydrogen) atoms. The van der Waals surface area contributed by atoms with Gasteiger partial charge in [-0.25, -0.2) is 9.97 Å². The van der Waals surface area contributed by atoms with Gasteiger partial charge in [0, 0.05) is 51.6 Å². The van der Waals surface area contributed by atoms with Crippen molar-refractivity contribution >= 4 is 23.4 Å². The smallest absolute Gasteiger partial charge is 0.138 e. The molecule has 2 aliphatic heterocycles. The molecule has 0 N–H and O–H groups in total. The van der Waals surface area contributed by atoms with Crippen LogP contribution in [0.25, 0.3) is 0 Å². The average Bonchev–Trinajstić information content (AvgIpc) is 2.99. The lowest BCUT2D eigenvalue weighted by Gasteiger charge is -2.48. The fourth-order valence-corrected chi connectivity index (χ4v) is 4.80. The van der Waals surface area contributed by atoms with E-state index < -0.39 is 0 Å². The zero-order chi connectivity index (χ0) is 16.6. The number of hydrogen-bond acceptors (Lipinski definition) is 7. The molecule has 1 spiro atoms. The minimum absolute atomic E-state index is 0.268. The third-order valence-corrected chi connectivity index (χ3v) is 6.07. The second-order valence-electron chi connectivity index (χ2n) is 6.61. The highest BCUT2D eigenvalue weighted by atomic mass is 32.2. The first kappa shape index (κ1) is 15.5. The SMILES string of the molecule is CN(C)c1cc(N2CC3(CC(Oc4cccnc4)CS3)C2)ncn1. The van der Waals surface area contributed by atoms with Crippen LogP contribution in [0, 0.1) is 0 Å². The van der Waals surface area contributed by atoms with Crippen LogP contribution in [0.15, 0.2) is 36.9 Å². The molecule has 4 heterocycles. The summed E-state index contributed by atoms with van der Waals surface area (Å²) in [5.74, 6) is 3.85. The van der Waals surface area contributed by atoms with Crippen molar-refractivity contribution in [1.82, 2.24) is 15.0 Å². The number of ether oxygens (including phenoxy) is 1. The first-order valence-electron chi connectivity index (χ1n) is 8.09. The largest absolute Gasteiger partial charge is 0.488 e.